The van der Waals surface area contributed by atoms with E-state index in [-0.39, 0.29) is 5.76 Å². The lowest BCUT2D eigenvalue weighted by Gasteiger charge is -2.32. The van der Waals surface area contributed by atoms with Gasteiger partial charge in [-0.2, -0.15) is 0 Å². The Hall–Kier alpha value is -2.87. The number of nitrogens with one attached hydrogen (secondary N) is 1. The van der Waals surface area contributed by atoms with Gasteiger partial charge >= 0.3 is 0 Å². The number of aromatic nitrogens is 2. The maximum absolute atomic E-state index is 10.2. The summed E-state index contributed by atoms with van der Waals surface area (Å²) in [6.07, 6.45) is 1.56. The summed E-state index contributed by atoms with van der Waals surface area (Å²) in [5.74, 6) is 1.81. The van der Waals surface area contributed by atoms with Crippen molar-refractivity contribution in [2.45, 2.75) is 46.2 Å². The lowest BCUT2D eigenvalue weighted by Crippen LogP contribution is -2.44. The highest BCUT2D eigenvalue weighted by atomic mass is 35.5. The predicted octanol–water partition coefficient (Wildman–Crippen LogP) is 5.53. The van der Waals surface area contributed by atoms with Crippen LogP contribution in [0.15, 0.2) is 42.2 Å². The number of allylic oxidation sites excluding steroid dienone is 2. The number of methoxy groups -OCH3 is 1. The van der Waals surface area contributed by atoms with Crippen LogP contribution < -0.4 is 4.74 Å². The molecular weight excluding hydrogens is 476 g/mol. The van der Waals surface area contributed by atoms with E-state index >= 15 is 0 Å². The molecule has 2 heterocycles. The maximum Gasteiger partial charge on any atom is 0.137 e. The van der Waals surface area contributed by atoms with E-state index in [1.807, 2.05) is 30.3 Å². The molecule has 1 atom stereocenters. The quantitative estimate of drug-likeness (QED) is 0.292. The van der Waals surface area contributed by atoms with Crippen molar-refractivity contribution in [1.82, 2.24) is 14.5 Å². The number of halogens is 1. The highest BCUT2D eigenvalue weighted by Crippen LogP contribution is 2.28. The summed E-state index contributed by atoms with van der Waals surface area (Å²) in [6.45, 7) is 9.77. The van der Waals surface area contributed by atoms with Crippen molar-refractivity contribution >= 4 is 33.9 Å². The van der Waals surface area contributed by atoms with Crippen LogP contribution in [0.4, 0.5) is 0 Å². The number of aliphatic hydroxyl groups is 1. The van der Waals surface area contributed by atoms with Gasteiger partial charge < -0.3 is 24.6 Å². The number of fused-ring (bicyclic) bond motifs is 1. The van der Waals surface area contributed by atoms with Gasteiger partial charge in [0.05, 0.1) is 42.1 Å². The molecule has 1 aliphatic rings. The molecule has 192 valence electrons. The van der Waals surface area contributed by atoms with E-state index in [1.165, 1.54) is 0 Å². The number of rotatable bonds is 9. The molecule has 1 saturated heterocycles. The average Bonchev–Trinajstić information content (AvgIpc) is 3.19. The third-order valence-electron chi connectivity index (χ3n) is 6.82. The van der Waals surface area contributed by atoms with Crippen LogP contribution in [0.3, 0.4) is 0 Å². The van der Waals surface area contributed by atoms with E-state index in [0.717, 1.165) is 73.7 Å². The van der Waals surface area contributed by atoms with Crippen LogP contribution in [0.2, 0.25) is 5.02 Å². The molecule has 3 aromatic rings. The van der Waals surface area contributed by atoms with Crippen LogP contribution in [0, 0.1) is 5.41 Å². The Balaban J connectivity index is 1.68. The molecule has 0 radical (unpaired) electrons. The minimum atomic E-state index is 0.138. The Bertz CT molecular complexity index is 1270. The van der Waals surface area contributed by atoms with Crippen LogP contribution in [0.1, 0.15) is 37.7 Å². The number of hydrogen-bond acceptors (Lipinski definition) is 6. The summed E-state index contributed by atoms with van der Waals surface area (Å²) >= 11 is 6.36. The smallest absolute Gasteiger partial charge is 0.137 e. The number of benzene rings is 2. The predicted molar refractivity (Wildman–Crippen MR) is 146 cm³/mol. The van der Waals surface area contributed by atoms with Crippen molar-refractivity contribution in [3.63, 3.8) is 0 Å². The SMILES string of the molecule is COc1ccc(CCc2nc3cc(/C(C(C)=N)=C(\C)O)ccc3n2CC(C)N2CCOCC2)cc1Cl. The van der Waals surface area contributed by atoms with Gasteiger partial charge in [0.15, 0.2) is 0 Å². The van der Waals surface area contributed by atoms with Gasteiger partial charge in [0.1, 0.15) is 11.6 Å². The van der Waals surface area contributed by atoms with Gasteiger partial charge in [0.25, 0.3) is 0 Å². The molecule has 4 rings (SSSR count). The van der Waals surface area contributed by atoms with E-state index in [1.54, 1.807) is 21.0 Å². The second-order valence-electron chi connectivity index (χ2n) is 9.39. The van der Waals surface area contributed by atoms with Gasteiger partial charge in [-0.1, -0.05) is 23.7 Å². The lowest BCUT2D eigenvalue weighted by molar-refractivity contribution is 0.0170. The zero-order valence-electron chi connectivity index (χ0n) is 21.5. The topological polar surface area (TPSA) is 83.6 Å². The second kappa shape index (κ2) is 11.5. The average molecular weight is 511 g/mol. The molecule has 1 fully saturated rings. The van der Waals surface area contributed by atoms with Crippen LogP contribution >= 0.6 is 11.6 Å². The first-order valence-electron chi connectivity index (χ1n) is 12.4. The highest BCUT2D eigenvalue weighted by molar-refractivity contribution is 6.32. The monoisotopic (exact) mass is 510 g/mol. The Kier molecular flexibility index (Phi) is 8.34. The van der Waals surface area contributed by atoms with Crippen LogP contribution in [-0.4, -0.2) is 64.7 Å². The number of morpholine rings is 1. The third kappa shape index (κ3) is 5.75. The Morgan fingerprint density at radius 3 is 2.56 bits per heavy atom. The molecule has 1 unspecified atom stereocenters. The number of imidazole rings is 1. The van der Waals surface area contributed by atoms with E-state index in [2.05, 4.69) is 22.5 Å². The third-order valence-corrected chi connectivity index (χ3v) is 7.12. The standard InChI is InChI=1S/C28H35ClN4O3/c1-18(32-11-13-36-14-12-32)17-33-25-8-7-22(28(19(2)30)20(3)34)16-24(25)31-27(33)10-6-21-5-9-26(35-4)23(29)15-21/h5,7-9,15-16,18,30,34H,6,10-14,17H2,1-4H3/b28-20+,30-19?. The van der Waals surface area contributed by atoms with Crippen molar-refractivity contribution in [1.29, 1.82) is 5.41 Å². The number of aliphatic hydroxyl groups excluding tert-OH is 1. The van der Waals surface area contributed by atoms with Crippen LogP contribution in [0.25, 0.3) is 16.6 Å². The van der Waals surface area contributed by atoms with Gasteiger partial charge in [-0.15, -0.1) is 0 Å². The van der Waals surface area contributed by atoms with Crippen LogP contribution in [0.5, 0.6) is 5.75 Å². The molecule has 0 spiro atoms. The molecule has 1 aromatic heterocycles. The first-order chi connectivity index (χ1) is 17.3. The van der Waals surface area contributed by atoms with Crippen LogP contribution in [-0.2, 0) is 24.1 Å². The summed E-state index contributed by atoms with van der Waals surface area (Å²) in [7, 11) is 1.62. The largest absolute Gasteiger partial charge is 0.512 e. The zero-order valence-corrected chi connectivity index (χ0v) is 22.2. The fraction of sp³-hybridized carbons (Fsp3) is 0.429. The molecule has 7 nitrogen and oxygen atoms in total. The second-order valence-corrected chi connectivity index (χ2v) is 9.80. The summed E-state index contributed by atoms with van der Waals surface area (Å²) in [5.41, 5.74) is 4.72. The number of aryl methyl sites for hydroxylation is 2. The fourth-order valence-corrected chi connectivity index (χ4v) is 5.23. The normalized spacial score (nSPS) is 16.1. The first kappa shape index (κ1) is 26.2. The molecule has 36 heavy (non-hydrogen) atoms. The summed E-state index contributed by atoms with van der Waals surface area (Å²) < 4.78 is 13.1. The minimum absolute atomic E-state index is 0.138. The van der Waals surface area contributed by atoms with E-state index < -0.39 is 0 Å². The van der Waals surface area contributed by atoms with Gasteiger partial charge in [0, 0.05) is 43.4 Å². The van der Waals surface area contributed by atoms with Crippen molar-refractivity contribution in [3.05, 3.63) is 64.1 Å². The first-order valence-corrected chi connectivity index (χ1v) is 12.8. The molecule has 0 bridgehead atoms. The Labute approximate surface area is 217 Å². The van der Waals surface area contributed by atoms with Gasteiger partial charge in [-0.25, -0.2) is 4.98 Å². The fourth-order valence-electron chi connectivity index (χ4n) is 4.95. The number of nitrogens with zero attached hydrogens (tertiary/aromatic N) is 3. The lowest BCUT2D eigenvalue weighted by atomic mass is 10.0. The summed E-state index contributed by atoms with van der Waals surface area (Å²) in [4.78, 5) is 7.49. The van der Waals surface area contributed by atoms with Crippen molar-refractivity contribution < 1.29 is 14.6 Å². The van der Waals surface area contributed by atoms with Gasteiger partial charge in [-0.05, 0) is 62.6 Å². The molecule has 0 amide bonds. The molecular formula is C28H35ClN4O3. The van der Waals surface area contributed by atoms with Crippen molar-refractivity contribution in [3.8, 4) is 5.75 Å². The molecule has 0 saturated carbocycles. The molecule has 1 aliphatic heterocycles. The molecule has 2 N–H and O–H groups in total. The summed E-state index contributed by atoms with van der Waals surface area (Å²) in [6, 6.07) is 12.2. The molecule has 8 heteroatoms. The van der Waals surface area contributed by atoms with Crippen molar-refractivity contribution in [2.24, 2.45) is 0 Å². The zero-order chi connectivity index (χ0) is 25.8. The Morgan fingerprint density at radius 2 is 1.92 bits per heavy atom. The minimum Gasteiger partial charge on any atom is -0.512 e. The van der Waals surface area contributed by atoms with Gasteiger partial charge in [-0.3, -0.25) is 4.90 Å². The van der Waals surface area contributed by atoms with Gasteiger partial charge in [0.2, 0.25) is 0 Å². The van der Waals surface area contributed by atoms with Crippen molar-refractivity contribution in [2.75, 3.05) is 33.4 Å². The van der Waals surface area contributed by atoms with E-state index in [4.69, 9.17) is 31.5 Å². The highest BCUT2D eigenvalue weighted by Gasteiger charge is 2.21. The molecule has 2 aromatic carbocycles. The van der Waals surface area contributed by atoms with E-state index in [0.29, 0.717) is 28.1 Å². The number of ether oxygens (including phenoxy) is 2. The Morgan fingerprint density at radius 1 is 1.17 bits per heavy atom. The summed E-state index contributed by atoms with van der Waals surface area (Å²) in [5, 5.41) is 18.9. The number of hydrogen-bond donors (Lipinski definition) is 2. The molecule has 0 aliphatic carbocycles. The van der Waals surface area contributed by atoms with E-state index in [9.17, 15) is 5.11 Å². The maximum atomic E-state index is 10.2.